The highest BCUT2D eigenvalue weighted by atomic mass is 15.1. The molecule has 0 aliphatic rings. The third kappa shape index (κ3) is 5.51. The predicted octanol–water partition coefficient (Wildman–Crippen LogP) is 14.8. The largest absolute Gasteiger partial charge is 0.310 e. The molecule has 10 aromatic rings. The van der Waals surface area contributed by atoms with Gasteiger partial charge in [-0.15, -0.1) is 0 Å². The van der Waals surface area contributed by atoms with E-state index in [0.717, 1.165) is 17.1 Å². The first-order chi connectivity index (χ1) is 26.3. The minimum atomic E-state index is 1.11. The summed E-state index contributed by atoms with van der Waals surface area (Å²) in [7, 11) is 0. The van der Waals surface area contributed by atoms with Crippen molar-refractivity contribution in [2.45, 2.75) is 0 Å². The van der Waals surface area contributed by atoms with Crippen LogP contribution in [0.5, 0.6) is 0 Å². The molecule has 1 nitrogen and oxygen atoms in total. The van der Waals surface area contributed by atoms with Crippen molar-refractivity contribution in [1.29, 1.82) is 0 Å². The molecule has 248 valence electrons. The van der Waals surface area contributed by atoms with Gasteiger partial charge in [-0.1, -0.05) is 170 Å². The maximum atomic E-state index is 2.40. The zero-order valence-corrected chi connectivity index (χ0v) is 29.2. The SMILES string of the molecule is c1ccc(-c2ccc(N(c3cccc(-c4cccc(-c5cccc6ccccc56)c4)c3)c3ccc4c5ccccc5c5ccccc5c4c3)cc2)cc1. The van der Waals surface area contributed by atoms with Crippen LogP contribution in [0.4, 0.5) is 17.1 Å². The van der Waals surface area contributed by atoms with Crippen molar-refractivity contribution < 1.29 is 0 Å². The summed E-state index contributed by atoms with van der Waals surface area (Å²) in [5.74, 6) is 0. The van der Waals surface area contributed by atoms with E-state index >= 15 is 0 Å². The molecule has 0 aromatic heterocycles. The van der Waals surface area contributed by atoms with Crippen LogP contribution in [-0.4, -0.2) is 0 Å². The maximum absolute atomic E-state index is 2.40. The molecule has 0 N–H and O–H groups in total. The molecule has 0 aliphatic carbocycles. The van der Waals surface area contributed by atoms with Crippen LogP contribution in [-0.2, 0) is 0 Å². The molecule has 10 rings (SSSR count). The smallest absolute Gasteiger partial charge is 0.0468 e. The summed E-state index contributed by atoms with van der Waals surface area (Å²) < 4.78 is 0. The van der Waals surface area contributed by atoms with Crippen molar-refractivity contribution in [2.75, 3.05) is 4.90 Å². The van der Waals surface area contributed by atoms with Crippen LogP contribution in [0.25, 0.3) is 76.5 Å². The fraction of sp³-hybridized carbons (Fsp3) is 0. The summed E-state index contributed by atoms with van der Waals surface area (Å²) in [6.07, 6.45) is 0. The molecule has 0 saturated carbocycles. The van der Waals surface area contributed by atoms with Crippen LogP contribution in [0.1, 0.15) is 0 Å². The van der Waals surface area contributed by atoms with E-state index in [1.54, 1.807) is 0 Å². The molecule has 0 aliphatic heterocycles. The Morgan fingerprint density at radius 3 is 1.43 bits per heavy atom. The van der Waals surface area contributed by atoms with Gasteiger partial charge in [-0.25, -0.2) is 0 Å². The lowest BCUT2D eigenvalue weighted by molar-refractivity contribution is 1.29. The number of benzene rings is 10. The third-order valence-electron chi connectivity index (χ3n) is 10.6. The Labute approximate surface area is 309 Å². The molecule has 0 bridgehead atoms. The molecule has 0 fully saturated rings. The zero-order chi connectivity index (χ0) is 35.1. The van der Waals surface area contributed by atoms with E-state index in [4.69, 9.17) is 0 Å². The lowest BCUT2D eigenvalue weighted by atomic mass is 9.93. The van der Waals surface area contributed by atoms with Gasteiger partial charge >= 0.3 is 0 Å². The van der Waals surface area contributed by atoms with Crippen molar-refractivity contribution in [3.8, 4) is 33.4 Å². The van der Waals surface area contributed by atoms with Crippen LogP contribution in [0, 0.1) is 0 Å². The number of hydrogen-bond donors (Lipinski definition) is 0. The van der Waals surface area contributed by atoms with Crippen LogP contribution >= 0.6 is 0 Å². The maximum Gasteiger partial charge on any atom is 0.0468 e. The predicted molar refractivity (Wildman–Crippen MR) is 227 cm³/mol. The number of fused-ring (bicyclic) bond motifs is 7. The lowest BCUT2D eigenvalue weighted by Gasteiger charge is -2.27. The number of hydrogen-bond acceptors (Lipinski definition) is 1. The van der Waals surface area contributed by atoms with E-state index in [-0.39, 0.29) is 0 Å². The molecule has 0 heterocycles. The fourth-order valence-corrected chi connectivity index (χ4v) is 8.08. The van der Waals surface area contributed by atoms with Gasteiger partial charge in [0.1, 0.15) is 0 Å². The number of rotatable bonds is 6. The first kappa shape index (κ1) is 30.8. The fourth-order valence-electron chi connectivity index (χ4n) is 8.08. The van der Waals surface area contributed by atoms with E-state index in [0.29, 0.717) is 0 Å². The Morgan fingerprint density at radius 1 is 0.226 bits per heavy atom. The lowest BCUT2D eigenvalue weighted by Crippen LogP contribution is -2.10. The number of nitrogens with zero attached hydrogens (tertiary/aromatic N) is 1. The summed E-state index contributed by atoms with van der Waals surface area (Å²) in [6.45, 7) is 0. The van der Waals surface area contributed by atoms with E-state index in [1.165, 1.54) is 76.5 Å². The monoisotopic (exact) mass is 673 g/mol. The first-order valence-corrected chi connectivity index (χ1v) is 18.3. The molecular weight excluding hydrogens is 639 g/mol. The van der Waals surface area contributed by atoms with Gasteiger partial charge in [0.2, 0.25) is 0 Å². The van der Waals surface area contributed by atoms with E-state index < -0.39 is 0 Å². The normalized spacial score (nSPS) is 11.4. The summed E-state index contributed by atoms with van der Waals surface area (Å²) in [5.41, 5.74) is 10.6. The van der Waals surface area contributed by atoms with Crippen molar-refractivity contribution >= 4 is 60.2 Å². The van der Waals surface area contributed by atoms with Gasteiger partial charge in [-0.05, 0) is 119 Å². The minimum absolute atomic E-state index is 1.11. The average molecular weight is 674 g/mol. The molecule has 0 spiro atoms. The summed E-state index contributed by atoms with van der Waals surface area (Å²) in [5, 5.41) is 10.1. The Balaban J connectivity index is 1.14. The van der Waals surface area contributed by atoms with Gasteiger partial charge in [0.25, 0.3) is 0 Å². The number of anilines is 3. The van der Waals surface area contributed by atoms with E-state index in [1.807, 2.05) is 0 Å². The Hall–Kier alpha value is -6.96. The highest BCUT2D eigenvalue weighted by molar-refractivity contribution is 6.25. The van der Waals surface area contributed by atoms with Crippen molar-refractivity contribution in [3.63, 3.8) is 0 Å². The Kier molecular flexibility index (Phi) is 7.55. The van der Waals surface area contributed by atoms with Crippen LogP contribution in [0.2, 0.25) is 0 Å². The zero-order valence-electron chi connectivity index (χ0n) is 29.2. The molecule has 10 aromatic carbocycles. The minimum Gasteiger partial charge on any atom is -0.310 e. The molecular formula is C52H35N. The van der Waals surface area contributed by atoms with Crippen LogP contribution < -0.4 is 4.90 Å². The molecule has 0 saturated heterocycles. The summed E-state index contributed by atoms with van der Waals surface area (Å²) in [6, 6.07) is 77.2. The van der Waals surface area contributed by atoms with Crippen molar-refractivity contribution in [1.82, 2.24) is 0 Å². The van der Waals surface area contributed by atoms with Gasteiger partial charge in [0, 0.05) is 17.1 Å². The van der Waals surface area contributed by atoms with Gasteiger partial charge in [-0.2, -0.15) is 0 Å². The topological polar surface area (TPSA) is 3.24 Å². The molecule has 0 amide bonds. The average Bonchev–Trinajstić information content (AvgIpc) is 3.24. The Morgan fingerprint density at radius 2 is 0.698 bits per heavy atom. The molecule has 0 radical (unpaired) electrons. The second kappa shape index (κ2) is 13.0. The molecule has 0 atom stereocenters. The van der Waals surface area contributed by atoms with Gasteiger partial charge in [-0.3, -0.25) is 0 Å². The van der Waals surface area contributed by atoms with Gasteiger partial charge in [0.15, 0.2) is 0 Å². The molecule has 1 heteroatoms. The second-order valence-electron chi connectivity index (χ2n) is 13.7. The van der Waals surface area contributed by atoms with E-state index in [2.05, 4.69) is 217 Å². The highest BCUT2D eigenvalue weighted by Gasteiger charge is 2.17. The third-order valence-corrected chi connectivity index (χ3v) is 10.6. The van der Waals surface area contributed by atoms with Crippen LogP contribution in [0.15, 0.2) is 212 Å². The highest BCUT2D eigenvalue weighted by Crippen LogP contribution is 2.42. The van der Waals surface area contributed by atoms with E-state index in [9.17, 15) is 0 Å². The van der Waals surface area contributed by atoms with Gasteiger partial charge < -0.3 is 4.90 Å². The summed E-state index contributed by atoms with van der Waals surface area (Å²) in [4.78, 5) is 2.40. The first-order valence-electron chi connectivity index (χ1n) is 18.3. The summed E-state index contributed by atoms with van der Waals surface area (Å²) >= 11 is 0. The quantitative estimate of drug-likeness (QED) is 0.159. The molecule has 0 unspecified atom stereocenters. The molecule has 53 heavy (non-hydrogen) atoms. The standard InChI is InChI=1S/C52H35N/c1-2-13-36(14-3-1)37-27-29-42(30-28-37)53(44-31-32-51-49-24-7-6-22-47(49)48-23-8-9-25-50(48)52(51)35-44)43-20-11-18-40(34-43)39-17-10-19-41(33-39)46-26-12-16-38-15-4-5-21-45(38)46/h1-35H. The Bertz CT molecular complexity index is 2900. The van der Waals surface area contributed by atoms with Crippen LogP contribution in [0.3, 0.4) is 0 Å². The van der Waals surface area contributed by atoms with Crippen molar-refractivity contribution in [2.24, 2.45) is 0 Å². The van der Waals surface area contributed by atoms with Gasteiger partial charge in [0.05, 0.1) is 0 Å². The van der Waals surface area contributed by atoms with Crippen molar-refractivity contribution in [3.05, 3.63) is 212 Å². The second-order valence-corrected chi connectivity index (χ2v) is 13.7.